The van der Waals surface area contributed by atoms with Crippen LogP contribution in [0.5, 0.6) is 23.0 Å². The smallest absolute Gasteiger partial charge is 0.306 e. The number of aromatic hydroxyl groups is 2. The molecule has 3 rings (SSSR count). The zero-order chi connectivity index (χ0) is 24.5. The van der Waals surface area contributed by atoms with Gasteiger partial charge in [-0.05, 0) is 60.9 Å². The molecule has 0 saturated heterocycles. The van der Waals surface area contributed by atoms with E-state index in [0.717, 1.165) is 16.7 Å². The Bertz CT molecular complexity index is 1110. The van der Waals surface area contributed by atoms with E-state index in [-0.39, 0.29) is 23.9 Å². The van der Waals surface area contributed by atoms with Crippen LogP contribution in [0.15, 0.2) is 40.9 Å². The quantitative estimate of drug-likeness (QED) is 0.405. The Hall–Kier alpha value is -4.20. The summed E-state index contributed by atoms with van der Waals surface area (Å²) in [6.45, 7) is 2.07. The molecule has 8 nitrogen and oxygen atoms in total. The van der Waals surface area contributed by atoms with Crippen molar-refractivity contribution in [2.45, 2.75) is 19.8 Å². The van der Waals surface area contributed by atoms with Crippen LogP contribution in [0.25, 0.3) is 24.3 Å². The first-order valence-corrected chi connectivity index (χ1v) is 10.7. The molecule has 2 N–H and O–H groups in total. The maximum atomic E-state index is 11.9. The van der Waals surface area contributed by atoms with E-state index in [9.17, 15) is 15.0 Å². The van der Waals surface area contributed by atoms with Crippen molar-refractivity contribution >= 4 is 30.3 Å². The molecule has 34 heavy (non-hydrogen) atoms. The summed E-state index contributed by atoms with van der Waals surface area (Å²) in [4.78, 5) is 11.9. The molecule has 0 atom stereocenters. The topological polar surface area (TPSA) is 111 Å². The van der Waals surface area contributed by atoms with Crippen LogP contribution in [-0.2, 0) is 16.0 Å². The Morgan fingerprint density at radius 3 is 2.09 bits per heavy atom. The Morgan fingerprint density at radius 1 is 0.941 bits per heavy atom. The van der Waals surface area contributed by atoms with Crippen LogP contribution in [0.1, 0.15) is 41.5 Å². The molecule has 0 aliphatic carbocycles. The molecule has 8 heteroatoms. The molecule has 178 valence electrons. The molecule has 0 spiro atoms. The van der Waals surface area contributed by atoms with Crippen LogP contribution in [0, 0.1) is 0 Å². The van der Waals surface area contributed by atoms with Crippen LogP contribution in [0.2, 0.25) is 0 Å². The Balaban J connectivity index is 1.89. The summed E-state index contributed by atoms with van der Waals surface area (Å²) in [6.07, 6.45) is 7.69. The lowest BCUT2D eigenvalue weighted by atomic mass is 10.0. The van der Waals surface area contributed by atoms with Gasteiger partial charge in [0.1, 0.15) is 5.69 Å². The van der Waals surface area contributed by atoms with Crippen LogP contribution in [-0.4, -0.2) is 42.2 Å². The summed E-state index contributed by atoms with van der Waals surface area (Å²) in [5.74, 6) is 1.01. The average Bonchev–Trinajstić information content (AvgIpc) is 3.23. The fourth-order valence-corrected chi connectivity index (χ4v) is 3.25. The number of ether oxygens (including phenoxy) is 3. The number of nitrogens with zero attached hydrogens (tertiary/aromatic N) is 1. The molecule has 0 bridgehead atoms. The molecule has 0 radical (unpaired) electrons. The van der Waals surface area contributed by atoms with Gasteiger partial charge in [-0.15, -0.1) is 0 Å². The van der Waals surface area contributed by atoms with Crippen molar-refractivity contribution < 1.29 is 33.7 Å². The highest BCUT2D eigenvalue weighted by Gasteiger charge is 2.15. The summed E-state index contributed by atoms with van der Waals surface area (Å²) in [5, 5.41) is 23.7. The predicted molar refractivity (Wildman–Crippen MR) is 129 cm³/mol. The Morgan fingerprint density at radius 2 is 1.53 bits per heavy atom. The standard InChI is InChI=1S/C26H27NO7/c1-4-33-26(30)14-9-19-20(10-5-17-6-11-21(28)24(15-17)31-2)27-34-23(19)13-8-18-7-12-22(29)25(16-18)32-3/h5-8,10-13,15-16,28-29H,4,9,14H2,1-3H3/b10-5+,13-8+. The van der Waals surface area contributed by atoms with E-state index in [1.54, 1.807) is 61.5 Å². The van der Waals surface area contributed by atoms with Crippen molar-refractivity contribution in [3.05, 3.63) is 64.5 Å². The number of methoxy groups -OCH3 is 2. The highest BCUT2D eigenvalue weighted by atomic mass is 16.5. The molecular weight excluding hydrogens is 438 g/mol. The van der Waals surface area contributed by atoms with Gasteiger partial charge in [0.05, 0.1) is 20.8 Å². The number of hydrogen-bond donors (Lipinski definition) is 2. The van der Waals surface area contributed by atoms with Crippen molar-refractivity contribution in [3.8, 4) is 23.0 Å². The lowest BCUT2D eigenvalue weighted by molar-refractivity contribution is -0.143. The first-order valence-electron chi connectivity index (χ1n) is 10.7. The summed E-state index contributed by atoms with van der Waals surface area (Å²) in [6, 6.07) is 9.96. The number of aromatic nitrogens is 1. The van der Waals surface area contributed by atoms with E-state index in [1.807, 2.05) is 6.08 Å². The Labute approximate surface area is 197 Å². The highest BCUT2D eigenvalue weighted by Crippen LogP contribution is 2.29. The highest BCUT2D eigenvalue weighted by molar-refractivity contribution is 5.76. The van der Waals surface area contributed by atoms with Crippen LogP contribution < -0.4 is 9.47 Å². The number of phenols is 2. The van der Waals surface area contributed by atoms with Gasteiger partial charge in [-0.1, -0.05) is 29.4 Å². The predicted octanol–water partition coefficient (Wildman–Crippen LogP) is 4.94. The SMILES string of the molecule is CCOC(=O)CCc1c(/C=C/c2ccc(O)c(OC)c2)noc1/C=C/c1ccc(O)c(OC)c1. The fraction of sp³-hybridized carbons (Fsp3) is 0.231. The van der Waals surface area contributed by atoms with Gasteiger partial charge in [0.15, 0.2) is 28.8 Å². The number of esters is 1. The maximum Gasteiger partial charge on any atom is 0.306 e. The number of hydrogen-bond acceptors (Lipinski definition) is 8. The molecular formula is C26H27NO7. The normalized spacial score (nSPS) is 11.3. The number of phenolic OH excluding ortho intramolecular Hbond substituents is 2. The van der Waals surface area contributed by atoms with E-state index >= 15 is 0 Å². The summed E-state index contributed by atoms with van der Waals surface area (Å²) in [7, 11) is 2.96. The van der Waals surface area contributed by atoms with Crippen LogP contribution >= 0.6 is 0 Å². The average molecular weight is 466 g/mol. The lowest BCUT2D eigenvalue weighted by Crippen LogP contribution is -2.05. The molecule has 0 saturated carbocycles. The van der Waals surface area contributed by atoms with E-state index in [1.165, 1.54) is 14.2 Å². The van der Waals surface area contributed by atoms with Crippen LogP contribution in [0.4, 0.5) is 0 Å². The second-order valence-electron chi connectivity index (χ2n) is 7.24. The minimum atomic E-state index is -0.305. The van der Waals surface area contributed by atoms with E-state index < -0.39 is 0 Å². The van der Waals surface area contributed by atoms with Crippen molar-refractivity contribution in [1.82, 2.24) is 5.16 Å². The summed E-state index contributed by atoms with van der Waals surface area (Å²) >= 11 is 0. The van der Waals surface area contributed by atoms with Crippen molar-refractivity contribution in [2.24, 2.45) is 0 Å². The maximum absolute atomic E-state index is 11.9. The zero-order valence-electron chi connectivity index (χ0n) is 19.3. The molecule has 0 unspecified atom stereocenters. The number of benzene rings is 2. The number of carbonyl (C=O) groups excluding carboxylic acids is 1. The van der Waals surface area contributed by atoms with Gasteiger partial charge in [-0.25, -0.2) is 0 Å². The summed E-state index contributed by atoms with van der Waals surface area (Å²) in [5.41, 5.74) is 2.90. The summed E-state index contributed by atoms with van der Waals surface area (Å²) < 4.78 is 20.9. The van der Waals surface area contributed by atoms with Crippen molar-refractivity contribution in [1.29, 1.82) is 0 Å². The first kappa shape index (κ1) is 24.4. The van der Waals surface area contributed by atoms with Gasteiger partial charge in [-0.2, -0.15) is 0 Å². The third-order valence-electron chi connectivity index (χ3n) is 5.00. The third kappa shape index (κ3) is 6.19. The van der Waals surface area contributed by atoms with E-state index in [2.05, 4.69) is 5.16 Å². The monoisotopic (exact) mass is 465 g/mol. The molecule has 0 amide bonds. The van der Waals surface area contributed by atoms with Crippen molar-refractivity contribution in [2.75, 3.05) is 20.8 Å². The minimum absolute atomic E-state index is 0.0488. The second-order valence-corrected chi connectivity index (χ2v) is 7.24. The third-order valence-corrected chi connectivity index (χ3v) is 5.00. The number of carbonyl (C=O) groups is 1. The van der Waals surface area contributed by atoms with Gasteiger partial charge < -0.3 is 28.9 Å². The Kier molecular flexibility index (Phi) is 8.34. The second kappa shape index (κ2) is 11.6. The molecule has 0 aliphatic rings. The zero-order valence-corrected chi connectivity index (χ0v) is 19.3. The van der Waals surface area contributed by atoms with Gasteiger partial charge in [-0.3, -0.25) is 4.79 Å². The fourth-order valence-electron chi connectivity index (χ4n) is 3.25. The van der Waals surface area contributed by atoms with Gasteiger partial charge >= 0.3 is 5.97 Å². The largest absolute Gasteiger partial charge is 0.504 e. The van der Waals surface area contributed by atoms with E-state index in [4.69, 9.17) is 18.7 Å². The number of rotatable bonds is 10. The minimum Gasteiger partial charge on any atom is -0.504 e. The molecule has 1 aromatic heterocycles. The molecule has 1 heterocycles. The molecule has 0 aliphatic heterocycles. The van der Waals surface area contributed by atoms with Crippen molar-refractivity contribution in [3.63, 3.8) is 0 Å². The molecule has 2 aromatic carbocycles. The van der Waals surface area contributed by atoms with Gasteiger partial charge in [0.2, 0.25) is 0 Å². The molecule has 0 fully saturated rings. The van der Waals surface area contributed by atoms with E-state index in [0.29, 0.717) is 36.0 Å². The first-order chi connectivity index (χ1) is 16.4. The van der Waals surface area contributed by atoms with Crippen LogP contribution in [0.3, 0.4) is 0 Å². The lowest BCUT2D eigenvalue weighted by Gasteiger charge is -2.04. The van der Waals surface area contributed by atoms with Gasteiger partial charge in [0.25, 0.3) is 0 Å². The molecule has 3 aromatic rings. The van der Waals surface area contributed by atoms with Gasteiger partial charge in [0, 0.05) is 12.0 Å².